The first kappa shape index (κ1) is 15.5. The van der Waals surface area contributed by atoms with Crippen LogP contribution in [0.2, 0.25) is 0 Å². The van der Waals surface area contributed by atoms with Gasteiger partial charge in [-0.1, -0.05) is 0 Å². The smallest absolute Gasteiger partial charge is 0.309 e. The summed E-state index contributed by atoms with van der Waals surface area (Å²) in [6, 6.07) is 5.75. The van der Waals surface area contributed by atoms with E-state index in [4.69, 9.17) is 5.26 Å². The topological polar surface area (TPSA) is 77.2 Å². The van der Waals surface area contributed by atoms with Crippen LogP contribution in [0.3, 0.4) is 0 Å². The Kier molecular flexibility index (Phi) is 4.59. The number of aromatic nitrogens is 1. The van der Waals surface area contributed by atoms with Crippen molar-refractivity contribution in [3.05, 3.63) is 29.6 Å². The molecule has 112 valence electrons. The van der Waals surface area contributed by atoms with Gasteiger partial charge in [-0.25, -0.2) is 4.98 Å². The molecule has 2 rings (SSSR count). The number of hydrogen-bond donors (Lipinski definition) is 1. The first-order valence-electron chi connectivity index (χ1n) is 7.24. The van der Waals surface area contributed by atoms with Crippen LogP contribution in [0.5, 0.6) is 0 Å². The van der Waals surface area contributed by atoms with Crippen LogP contribution in [0.15, 0.2) is 18.3 Å². The lowest BCUT2D eigenvalue weighted by Crippen LogP contribution is -2.44. The summed E-state index contributed by atoms with van der Waals surface area (Å²) >= 11 is 0. The molecule has 0 aromatic carbocycles. The van der Waals surface area contributed by atoms with Crippen LogP contribution in [0.4, 0.5) is 0 Å². The fraction of sp³-hybridized carbons (Fsp3) is 0.562. The van der Waals surface area contributed by atoms with Gasteiger partial charge in [0.05, 0.1) is 5.41 Å². The number of likely N-dealkylation sites (tertiary alicyclic amines) is 1. The van der Waals surface area contributed by atoms with E-state index < -0.39 is 11.4 Å². The number of piperidine rings is 1. The second-order valence-electron chi connectivity index (χ2n) is 6.26. The Morgan fingerprint density at radius 3 is 3.05 bits per heavy atom. The van der Waals surface area contributed by atoms with Crippen molar-refractivity contribution in [1.29, 1.82) is 5.26 Å². The minimum absolute atomic E-state index is 0.154. The first-order valence-corrected chi connectivity index (χ1v) is 7.24. The third kappa shape index (κ3) is 3.59. The van der Waals surface area contributed by atoms with Crippen LogP contribution in [0, 0.1) is 22.7 Å². The largest absolute Gasteiger partial charge is 0.481 e. The Morgan fingerprint density at radius 2 is 2.38 bits per heavy atom. The van der Waals surface area contributed by atoms with Gasteiger partial charge in [0, 0.05) is 19.3 Å². The maximum absolute atomic E-state index is 11.4. The predicted octanol–water partition coefficient (Wildman–Crippen LogP) is 2.28. The molecule has 2 heterocycles. The van der Waals surface area contributed by atoms with Crippen LogP contribution in [-0.2, 0) is 11.3 Å². The lowest BCUT2D eigenvalue weighted by Gasteiger charge is -2.39. The number of nitriles is 1. The summed E-state index contributed by atoms with van der Waals surface area (Å²) in [5.74, 6) is -0.578. The fourth-order valence-corrected chi connectivity index (χ4v) is 2.85. The molecule has 21 heavy (non-hydrogen) atoms. The first-order chi connectivity index (χ1) is 9.93. The van der Waals surface area contributed by atoms with E-state index in [1.54, 1.807) is 12.3 Å². The molecule has 1 atom stereocenters. The third-order valence-electron chi connectivity index (χ3n) is 4.42. The average molecular weight is 287 g/mol. The highest BCUT2D eigenvalue weighted by molar-refractivity contribution is 5.74. The zero-order chi connectivity index (χ0) is 15.5. The zero-order valence-corrected chi connectivity index (χ0v) is 12.5. The molecule has 0 amide bonds. The van der Waals surface area contributed by atoms with Crippen LogP contribution in [-0.4, -0.2) is 34.0 Å². The maximum atomic E-state index is 11.4. The molecule has 0 aliphatic carbocycles. The highest BCUT2D eigenvalue weighted by atomic mass is 16.4. The van der Waals surface area contributed by atoms with Crippen molar-refractivity contribution in [3.63, 3.8) is 0 Å². The second-order valence-corrected chi connectivity index (χ2v) is 6.26. The Morgan fingerprint density at radius 1 is 1.62 bits per heavy atom. The highest BCUT2D eigenvalue weighted by Gasteiger charge is 2.38. The minimum atomic E-state index is -0.731. The molecule has 1 unspecified atom stereocenters. The van der Waals surface area contributed by atoms with Gasteiger partial charge >= 0.3 is 5.97 Å². The van der Waals surface area contributed by atoms with Gasteiger partial charge in [-0.05, 0) is 56.8 Å². The van der Waals surface area contributed by atoms with Gasteiger partial charge in [-0.15, -0.1) is 0 Å². The summed E-state index contributed by atoms with van der Waals surface area (Å²) in [7, 11) is 0. The van der Waals surface area contributed by atoms with Crippen molar-refractivity contribution in [3.8, 4) is 6.07 Å². The molecule has 1 aliphatic heterocycles. The van der Waals surface area contributed by atoms with E-state index in [1.165, 1.54) is 0 Å². The minimum Gasteiger partial charge on any atom is -0.481 e. The number of pyridine rings is 1. The molecule has 1 fully saturated rings. The molecule has 0 spiro atoms. The summed E-state index contributed by atoms with van der Waals surface area (Å²) in [6.07, 6.45) is 3.61. The van der Waals surface area contributed by atoms with E-state index >= 15 is 0 Å². The normalized spacial score (nSPS) is 20.0. The van der Waals surface area contributed by atoms with Gasteiger partial charge < -0.3 is 5.11 Å². The lowest BCUT2D eigenvalue weighted by molar-refractivity contribution is -0.151. The number of carbonyl (C=O) groups is 1. The number of hydrogen-bond acceptors (Lipinski definition) is 4. The molecular weight excluding hydrogens is 266 g/mol. The van der Waals surface area contributed by atoms with Crippen molar-refractivity contribution in [1.82, 2.24) is 9.88 Å². The second kappa shape index (κ2) is 6.23. The standard InChI is InChI=1S/C16H21N3O2/c1-16(2,15(20)21)13-4-3-7-19(11-13)10-12-5-6-18-14(8-12)9-17/h5-6,8,13H,3-4,7,10-11H2,1-2H3,(H,20,21). The van der Waals surface area contributed by atoms with Crippen molar-refractivity contribution in [2.45, 2.75) is 33.2 Å². The molecule has 0 bridgehead atoms. The number of aliphatic carboxylic acids is 1. The van der Waals surface area contributed by atoms with Gasteiger partial charge in [-0.3, -0.25) is 9.69 Å². The van der Waals surface area contributed by atoms with Crippen molar-refractivity contribution in [2.75, 3.05) is 13.1 Å². The van der Waals surface area contributed by atoms with Gasteiger partial charge in [-0.2, -0.15) is 5.26 Å². The SMILES string of the molecule is CC(C)(C(=O)O)C1CCCN(Cc2ccnc(C#N)c2)C1. The maximum Gasteiger partial charge on any atom is 0.309 e. The van der Waals surface area contributed by atoms with Crippen LogP contribution in [0.1, 0.15) is 37.9 Å². The van der Waals surface area contributed by atoms with Gasteiger partial charge in [0.25, 0.3) is 0 Å². The third-order valence-corrected chi connectivity index (χ3v) is 4.42. The van der Waals surface area contributed by atoms with Gasteiger partial charge in [0.15, 0.2) is 0 Å². The molecule has 5 nitrogen and oxygen atoms in total. The number of carboxylic acids is 1. The Bertz CT molecular complexity index is 563. The van der Waals surface area contributed by atoms with Crippen molar-refractivity contribution < 1.29 is 9.90 Å². The van der Waals surface area contributed by atoms with E-state index in [1.807, 2.05) is 26.0 Å². The van der Waals surface area contributed by atoms with Crippen molar-refractivity contribution >= 4 is 5.97 Å². The monoisotopic (exact) mass is 287 g/mol. The van der Waals surface area contributed by atoms with E-state index in [0.29, 0.717) is 5.69 Å². The summed E-state index contributed by atoms with van der Waals surface area (Å²) in [6.45, 7) is 6.11. The summed E-state index contributed by atoms with van der Waals surface area (Å²) < 4.78 is 0. The fourth-order valence-electron chi connectivity index (χ4n) is 2.85. The quantitative estimate of drug-likeness (QED) is 0.919. The van der Waals surface area contributed by atoms with Gasteiger partial charge in [0.2, 0.25) is 0 Å². The molecule has 1 aromatic rings. The number of nitrogens with zero attached hydrogens (tertiary/aromatic N) is 3. The Balaban J connectivity index is 2.05. The van der Waals surface area contributed by atoms with Crippen LogP contribution >= 0.6 is 0 Å². The summed E-state index contributed by atoms with van der Waals surface area (Å²) in [5, 5.41) is 18.3. The molecule has 5 heteroatoms. The zero-order valence-electron chi connectivity index (χ0n) is 12.5. The molecule has 1 aromatic heterocycles. The molecular formula is C16H21N3O2. The molecule has 0 radical (unpaired) electrons. The van der Waals surface area contributed by atoms with Crippen molar-refractivity contribution in [2.24, 2.45) is 11.3 Å². The Hall–Kier alpha value is -1.93. The summed E-state index contributed by atoms with van der Waals surface area (Å²) in [5.41, 5.74) is 0.775. The molecule has 1 N–H and O–H groups in total. The molecule has 1 aliphatic rings. The Labute approximate surface area is 125 Å². The van der Waals surface area contributed by atoms with E-state index in [-0.39, 0.29) is 5.92 Å². The van der Waals surface area contributed by atoms with E-state index in [9.17, 15) is 9.90 Å². The molecule has 0 saturated carbocycles. The lowest BCUT2D eigenvalue weighted by atomic mass is 9.74. The van der Waals surface area contributed by atoms with E-state index in [2.05, 4.69) is 9.88 Å². The van der Waals surface area contributed by atoms with Crippen LogP contribution < -0.4 is 0 Å². The number of rotatable bonds is 4. The predicted molar refractivity (Wildman–Crippen MR) is 78.4 cm³/mol. The average Bonchev–Trinajstić information content (AvgIpc) is 2.47. The summed E-state index contributed by atoms with van der Waals surface area (Å²) in [4.78, 5) is 17.7. The van der Waals surface area contributed by atoms with Crippen LogP contribution in [0.25, 0.3) is 0 Å². The highest BCUT2D eigenvalue weighted by Crippen LogP contribution is 2.34. The molecule has 1 saturated heterocycles. The van der Waals surface area contributed by atoms with E-state index in [0.717, 1.165) is 38.0 Å². The number of carboxylic acid groups (broad SMARTS) is 1. The van der Waals surface area contributed by atoms with Gasteiger partial charge in [0.1, 0.15) is 11.8 Å².